The summed E-state index contributed by atoms with van der Waals surface area (Å²) in [6, 6.07) is 6.39. The summed E-state index contributed by atoms with van der Waals surface area (Å²) in [5.74, 6) is -1.10. The quantitative estimate of drug-likeness (QED) is 0.242. The molecule has 0 aliphatic carbocycles. The minimum absolute atomic E-state index is 0.0195. The van der Waals surface area contributed by atoms with Crippen molar-refractivity contribution in [3.8, 4) is 5.75 Å². The van der Waals surface area contributed by atoms with Gasteiger partial charge in [-0.15, -0.1) is 11.8 Å². The number of carboxylic acids is 2. The number of nitrogens with two attached hydrogens (primary N) is 1. The zero-order valence-corrected chi connectivity index (χ0v) is 19.2. The van der Waals surface area contributed by atoms with Gasteiger partial charge in [0.1, 0.15) is 11.8 Å². The number of ether oxygens (including phenoxy) is 1. The fourth-order valence-electron chi connectivity index (χ4n) is 3.15. The number of thioether (sulfide) groups is 1. The molecule has 0 saturated carbocycles. The second-order valence-electron chi connectivity index (χ2n) is 7.74. The highest BCUT2D eigenvalue weighted by atomic mass is 32.2. The molecule has 8 heteroatoms. The first-order valence-electron chi connectivity index (χ1n) is 11.1. The van der Waals surface area contributed by atoms with Gasteiger partial charge in [0.25, 0.3) is 0 Å². The normalized spacial score (nSPS) is 14.0. The molecule has 5 N–H and O–H groups in total. The second kappa shape index (κ2) is 15.9. The highest BCUT2D eigenvalue weighted by molar-refractivity contribution is 7.99. The summed E-state index contributed by atoms with van der Waals surface area (Å²) in [7, 11) is 0. The largest absolute Gasteiger partial charge is 0.494 e. The Morgan fingerprint density at radius 1 is 1.03 bits per heavy atom. The lowest BCUT2D eigenvalue weighted by Crippen LogP contribution is -2.33. The number of carboxylic acid groups (broad SMARTS) is 2. The molecule has 3 atom stereocenters. The molecule has 7 nitrogen and oxygen atoms in total. The van der Waals surface area contributed by atoms with Crippen molar-refractivity contribution in [1.29, 1.82) is 0 Å². The van der Waals surface area contributed by atoms with E-state index in [0.29, 0.717) is 19.4 Å². The molecule has 0 radical (unpaired) electrons. The standard InChI is InChI=1S/C23H37NO6S/c1-2-3-4-5-6-7-15-30-18-13-11-17(12-14-18)22(31-16-19(24)23(28)29)20(25)9-8-10-21(26)27/h11-14,19-20,22,25H,2-10,15-16,24H2,1H3,(H,26,27)(H,28,29)/t19-,20+,22-/m0/s1. The Morgan fingerprint density at radius 2 is 1.68 bits per heavy atom. The molecule has 0 spiro atoms. The molecular weight excluding hydrogens is 418 g/mol. The molecule has 0 unspecified atom stereocenters. The van der Waals surface area contributed by atoms with Crippen molar-refractivity contribution in [2.45, 2.75) is 82.1 Å². The Balaban J connectivity index is 2.62. The third kappa shape index (κ3) is 12.0. The summed E-state index contributed by atoms with van der Waals surface area (Å²) >= 11 is 1.27. The van der Waals surface area contributed by atoms with Gasteiger partial charge in [-0.1, -0.05) is 51.2 Å². The van der Waals surface area contributed by atoms with E-state index < -0.39 is 29.3 Å². The van der Waals surface area contributed by atoms with Crippen molar-refractivity contribution < 1.29 is 29.6 Å². The van der Waals surface area contributed by atoms with Crippen molar-refractivity contribution >= 4 is 23.7 Å². The maximum atomic E-state index is 11.0. The lowest BCUT2D eigenvalue weighted by atomic mass is 10.0. The highest BCUT2D eigenvalue weighted by Gasteiger charge is 2.24. The maximum Gasteiger partial charge on any atom is 0.321 e. The van der Waals surface area contributed by atoms with Crippen LogP contribution >= 0.6 is 11.8 Å². The molecule has 0 aliphatic rings. The number of unbranched alkanes of at least 4 members (excludes halogenated alkanes) is 5. The molecule has 0 aromatic heterocycles. The SMILES string of the molecule is CCCCCCCCOc1ccc([C@H](SC[C@H](N)C(=O)O)[C@H](O)CCCC(=O)O)cc1. The first-order chi connectivity index (χ1) is 14.8. The fraction of sp³-hybridized carbons (Fsp3) is 0.652. The van der Waals surface area contributed by atoms with Gasteiger partial charge in [-0.3, -0.25) is 9.59 Å². The summed E-state index contributed by atoms with van der Waals surface area (Å²) in [5, 5.41) is 28.1. The number of carbonyl (C=O) groups is 2. The molecule has 0 aliphatic heterocycles. The number of benzene rings is 1. The van der Waals surface area contributed by atoms with Gasteiger partial charge in [0, 0.05) is 12.2 Å². The third-order valence-electron chi connectivity index (χ3n) is 4.99. The Bertz CT molecular complexity index is 639. The Labute approximate surface area is 189 Å². The van der Waals surface area contributed by atoms with Crippen molar-refractivity contribution in [3.05, 3.63) is 29.8 Å². The van der Waals surface area contributed by atoms with E-state index in [1.54, 1.807) is 0 Å². The number of hydrogen-bond acceptors (Lipinski definition) is 6. The van der Waals surface area contributed by atoms with Crippen LogP contribution in [0.4, 0.5) is 0 Å². The average molecular weight is 456 g/mol. The van der Waals surface area contributed by atoms with E-state index in [4.69, 9.17) is 20.7 Å². The molecule has 31 heavy (non-hydrogen) atoms. The molecule has 1 aromatic rings. The zero-order chi connectivity index (χ0) is 23.1. The summed E-state index contributed by atoms with van der Waals surface area (Å²) in [6.07, 6.45) is 7.01. The van der Waals surface area contributed by atoms with Crippen LogP contribution in [-0.2, 0) is 9.59 Å². The highest BCUT2D eigenvalue weighted by Crippen LogP contribution is 2.35. The zero-order valence-electron chi connectivity index (χ0n) is 18.4. The van der Waals surface area contributed by atoms with Crippen LogP contribution in [-0.4, -0.2) is 51.8 Å². The van der Waals surface area contributed by atoms with Crippen molar-refractivity contribution in [3.63, 3.8) is 0 Å². The number of rotatable bonds is 18. The first-order valence-corrected chi connectivity index (χ1v) is 12.1. The summed E-state index contributed by atoms with van der Waals surface area (Å²) in [4.78, 5) is 21.8. The molecular formula is C23H37NO6S. The van der Waals surface area contributed by atoms with Crippen molar-refractivity contribution in [1.82, 2.24) is 0 Å². The lowest BCUT2D eigenvalue weighted by Gasteiger charge is -2.24. The first kappa shape index (κ1) is 27.3. The molecule has 0 saturated heterocycles. The van der Waals surface area contributed by atoms with E-state index in [1.807, 2.05) is 24.3 Å². The number of aliphatic carboxylic acids is 2. The van der Waals surface area contributed by atoms with Crippen LogP contribution in [0.1, 0.15) is 75.5 Å². The van der Waals surface area contributed by atoms with Gasteiger partial charge < -0.3 is 25.8 Å². The second-order valence-corrected chi connectivity index (χ2v) is 8.91. The van der Waals surface area contributed by atoms with Crippen molar-refractivity contribution in [2.24, 2.45) is 5.73 Å². The van der Waals surface area contributed by atoms with E-state index in [2.05, 4.69) is 6.92 Å². The van der Waals surface area contributed by atoms with Gasteiger partial charge in [-0.25, -0.2) is 0 Å². The average Bonchev–Trinajstić information content (AvgIpc) is 2.73. The molecule has 0 fully saturated rings. The Kier molecular flexibility index (Phi) is 14.0. The molecule has 1 aromatic carbocycles. The van der Waals surface area contributed by atoms with Crippen LogP contribution in [0, 0.1) is 0 Å². The number of aliphatic hydroxyl groups is 1. The van der Waals surface area contributed by atoms with Gasteiger partial charge >= 0.3 is 11.9 Å². The summed E-state index contributed by atoms with van der Waals surface area (Å²) in [5.41, 5.74) is 6.44. The topological polar surface area (TPSA) is 130 Å². The molecule has 0 heterocycles. The predicted octanol–water partition coefficient (Wildman–Crippen LogP) is 4.23. The van der Waals surface area contributed by atoms with Crippen LogP contribution in [0.5, 0.6) is 5.75 Å². The monoisotopic (exact) mass is 455 g/mol. The van der Waals surface area contributed by atoms with Crippen LogP contribution in [0.25, 0.3) is 0 Å². The number of aliphatic hydroxyl groups excluding tert-OH is 1. The van der Waals surface area contributed by atoms with Crippen LogP contribution in [0.3, 0.4) is 0 Å². The molecule has 1 rings (SSSR count). The Hall–Kier alpha value is -1.77. The molecule has 0 amide bonds. The van der Waals surface area contributed by atoms with Gasteiger partial charge in [0.05, 0.1) is 18.0 Å². The molecule has 0 bridgehead atoms. The van der Waals surface area contributed by atoms with E-state index in [0.717, 1.165) is 24.2 Å². The minimum atomic E-state index is -1.09. The Morgan fingerprint density at radius 3 is 2.29 bits per heavy atom. The van der Waals surface area contributed by atoms with E-state index in [1.165, 1.54) is 37.4 Å². The van der Waals surface area contributed by atoms with Gasteiger partial charge in [0.15, 0.2) is 0 Å². The van der Waals surface area contributed by atoms with E-state index >= 15 is 0 Å². The number of hydrogen-bond donors (Lipinski definition) is 4. The van der Waals surface area contributed by atoms with Crippen LogP contribution in [0.15, 0.2) is 24.3 Å². The molecule has 176 valence electrons. The summed E-state index contributed by atoms with van der Waals surface area (Å²) in [6.45, 7) is 2.86. The minimum Gasteiger partial charge on any atom is -0.494 e. The van der Waals surface area contributed by atoms with Gasteiger partial charge in [0.2, 0.25) is 0 Å². The third-order valence-corrected chi connectivity index (χ3v) is 6.48. The maximum absolute atomic E-state index is 11.0. The van der Waals surface area contributed by atoms with Crippen LogP contribution in [0.2, 0.25) is 0 Å². The van der Waals surface area contributed by atoms with Gasteiger partial charge in [-0.2, -0.15) is 0 Å². The lowest BCUT2D eigenvalue weighted by molar-refractivity contribution is -0.138. The van der Waals surface area contributed by atoms with Crippen molar-refractivity contribution in [2.75, 3.05) is 12.4 Å². The summed E-state index contributed by atoms with van der Waals surface area (Å²) < 4.78 is 5.80. The van der Waals surface area contributed by atoms with E-state index in [-0.39, 0.29) is 12.2 Å². The smallest absolute Gasteiger partial charge is 0.321 e. The van der Waals surface area contributed by atoms with E-state index in [9.17, 15) is 14.7 Å². The predicted molar refractivity (Wildman–Crippen MR) is 124 cm³/mol. The fourth-order valence-corrected chi connectivity index (χ4v) is 4.41. The van der Waals surface area contributed by atoms with Crippen LogP contribution < -0.4 is 10.5 Å². The van der Waals surface area contributed by atoms with Gasteiger partial charge in [-0.05, 0) is 37.0 Å².